The minimum Gasteiger partial charge on any atom is -0.481 e. The van der Waals surface area contributed by atoms with E-state index in [9.17, 15) is 14.0 Å². The van der Waals surface area contributed by atoms with Crippen LogP contribution in [0.3, 0.4) is 0 Å². The number of benzene rings is 1. The highest BCUT2D eigenvalue weighted by atomic mass is 35.5. The van der Waals surface area contributed by atoms with Crippen molar-refractivity contribution in [2.45, 2.75) is 19.3 Å². The largest absolute Gasteiger partial charge is 0.481 e. The van der Waals surface area contributed by atoms with Crippen LogP contribution in [-0.4, -0.2) is 41.6 Å². The van der Waals surface area contributed by atoms with Gasteiger partial charge in [0.1, 0.15) is 5.82 Å². The van der Waals surface area contributed by atoms with Gasteiger partial charge < -0.3 is 15.3 Å². The second-order valence-electron chi connectivity index (χ2n) is 5.32. The number of carbonyl (C=O) groups excluding carboxylic acids is 1. The van der Waals surface area contributed by atoms with Gasteiger partial charge in [-0.25, -0.2) is 9.18 Å². The maximum atomic E-state index is 12.9. The standard InChI is InChI=1S/C15H18ClFN2O3/c16-13-9-12(17)2-1-10(13)3-6-18-15(22)19-7-4-11(5-8-19)14(20)21/h1-2,9,11H,3-8H2,(H,18,22)(H,20,21). The van der Waals surface area contributed by atoms with Gasteiger partial charge in [0, 0.05) is 24.7 Å². The zero-order valence-corrected chi connectivity index (χ0v) is 12.8. The highest BCUT2D eigenvalue weighted by Crippen LogP contribution is 2.18. The summed E-state index contributed by atoms with van der Waals surface area (Å²) in [4.78, 5) is 24.5. The molecule has 2 rings (SSSR count). The average molecular weight is 329 g/mol. The Morgan fingerprint density at radius 3 is 2.64 bits per heavy atom. The number of halogens is 2. The molecule has 2 amide bonds. The predicted molar refractivity (Wildman–Crippen MR) is 80.4 cm³/mol. The molecule has 22 heavy (non-hydrogen) atoms. The number of aliphatic carboxylic acids is 1. The molecule has 0 aromatic heterocycles. The van der Waals surface area contributed by atoms with Crippen LogP contribution in [0.25, 0.3) is 0 Å². The van der Waals surface area contributed by atoms with E-state index in [1.165, 1.54) is 12.1 Å². The summed E-state index contributed by atoms with van der Waals surface area (Å²) in [5.41, 5.74) is 0.771. The number of piperidine rings is 1. The Hall–Kier alpha value is -1.82. The molecular weight excluding hydrogens is 311 g/mol. The van der Waals surface area contributed by atoms with E-state index in [-0.39, 0.29) is 17.8 Å². The zero-order valence-electron chi connectivity index (χ0n) is 12.0. The summed E-state index contributed by atoms with van der Waals surface area (Å²) >= 11 is 5.92. The van der Waals surface area contributed by atoms with E-state index in [2.05, 4.69) is 5.32 Å². The summed E-state index contributed by atoms with van der Waals surface area (Å²) < 4.78 is 12.9. The molecule has 1 heterocycles. The van der Waals surface area contributed by atoms with Gasteiger partial charge in [0.15, 0.2) is 0 Å². The van der Waals surface area contributed by atoms with E-state index in [4.69, 9.17) is 16.7 Å². The van der Waals surface area contributed by atoms with Crippen LogP contribution in [-0.2, 0) is 11.2 Å². The lowest BCUT2D eigenvalue weighted by molar-refractivity contribution is -0.143. The molecule has 1 saturated heterocycles. The van der Waals surface area contributed by atoms with E-state index >= 15 is 0 Å². The lowest BCUT2D eigenvalue weighted by Crippen LogP contribution is -2.45. The van der Waals surface area contributed by atoms with Crippen LogP contribution in [0.1, 0.15) is 18.4 Å². The predicted octanol–water partition coefficient (Wildman–Crippen LogP) is 2.53. The SMILES string of the molecule is O=C(O)C1CCN(C(=O)NCCc2ccc(F)cc2Cl)CC1. The first-order valence-electron chi connectivity index (χ1n) is 7.17. The molecule has 0 bridgehead atoms. The molecule has 2 N–H and O–H groups in total. The van der Waals surface area contributed by atoms with E-state index in [0.717, 1.165) is 5.56 Å². The number of urea groups is 1. The van der Waals surface area contributed by atoms with Crippen molar-refractivity contribution in [2.75, 3.05) is 19.6 Å². The topological polar surface area (TPSA) is 69.6 Å². The molecule has 1 aromatic rings. The third-order valence-electron chi connectivity index (χ3n) is 3.82. The Kier molecular flexibility index (Phi) is 5.60. The van der Waals surface area contributed by atoms with E-state index in [0.29, 0.717) is 43.9 Å². The summed E-state index contributed by atoms with van der Waals surface area (Å²) in [5.74, 6) is -1.55. The highest BCUT2D eigenvalue weighted by Gasteiger charge is 2.26. The Labute approximate surface area is 133 Å². The minimum absolute atomic E-state index is 0.206. The molecule has 0 saturated carbocycles. The fourth-order valence-electron chi connectivity index (χ4n) is 2.47. The first kappa shape index (κ1) is 16.5. The average Bonchev–Trinajstić information content (AvgIpc) is 2.49. The molecule has 0 radical (unpaired) electrons. The first-order valence-corrected chi connectivity index (χ1v) is 7.54. The quantitative estimate of drug-likeness (QED) is 0.892. The summed E-state index contributed by atoms with van der Waals surface area (Å²) in [6.45, 7) is 1.28. The number of carboxylic acids is 1. The zero-order chi connectivity index (χ0) is 16.1. The highest BCUT2D eigenvalue weighted by molar-refractivity contribution is 6.31. The van der Waals surface area contributed by atoms with Crippen molar-refractivity contribution in [3.05, 3.63) is 34.6 Å². The van der Waals surface area contributed by atoms with Crippen LogP contribution in [0.5, 0.6) is 0 Å². The Balaban J connectivity index is 1.75. The molecular formula is C15H18ClFN2O3. The van der Waals surface area contributed by atoms with Crippen LogP contribution in [0.15, 0.2) is 18.2 Å². The fourth-order valence-corrected chi connectivity index (χ4v) is 2.73. The van der Waals surface area contributed by atoms with Gasteiger partial charge in [-0.05, 0) is 37.0 Å². The summed E-state index contributed by atoms with van der Waals surface area (Å²) in [5, 5.41) is 12.0. The van der Waals surface area contributed by atoms with Gasteiger partial charge in [-0.2, -0.15) is 0 Å². The van der Waals surface area contributed by atoms with Crippen LogP contribution in [0.4, 0.5) is 9.18 Å². The second-order valence-corrected chi connectivity index (χ2v) is 5.72. The first-order chi connectivity index (χ1) is 10.5. The molecule has 5 nitrogen and oxygen atoms in total. The number of likely N-dealkylation sites (tertiary alicyclic amines) is 1. The minimum atomic E-state index is -0.800. The number of nitrogens with zero attached hydrogens (tertiary/aromatic N) is 1. The van der Waals surface area contributed by atoms with E-state index in [1.807, 2.05) is 0 Å². The molecule has 0 aliphatic carbocycles. The van der Waals surface area contributed by atoms with Crippen molar-refractivity contribution in [2.24, 2.45) is 5.92 Å². The van der Waals surface area contributed by atoms with Crippen molar-refractivity contribution in [1.29, 1.82) is 0 Å². The number of rotatable bonds is 4. The number of hydrogen-bond acceptors (Lipinski definition) is 2. The van der Waals surface area contributed by atoms with Crippen LogP contribution in [0.2, 0.25) is 5.02 Å². The third kappa shape index (κ3) is 4.34. The van der Waals surface area contributed by atoms with Gasteiger partial charge >= 0.3 is 12.0 Å². The van der Waals surface area contributed by atoms with Gasteiger partial charge in [0.2, 0.25) is 0 Å². The van der Waals surface area contributed by atoms with Crippen molar-refractivity contribution in [3.8, 4) is 0 Å². The number of carboxylic acid groups (broad SMARTS) is 1. The molecule has 1 fully saturated rings. The lowest BCUT2D eigenvalue weighted by Gasteiger charge is -2.30. The fraction of sp³-hybridized carbons (Fsp3) is 0.467. The van der Waals surface area contributed by atoms with Crippen molar-refractivity contribution in [1.82, 2.24) is 10.2 Å². The molecule has 0 unspecified atom stereocenters. The van der Waals surface area contributed by atoms with E-state index < -0.39 is 5.97 Å². The number of nitrogens with one attached hydrogen (secondary N) is 1. The van der Waals surface area contributed by atoms with Crippen LogP contribution < -0.4 is 5.32 Å². The third-order valence-corrected chi connectivity index (χ3v) is 4.17. The Bertz CT molecular complexity index is 560. The summed E-state index contributed by atoms with van der Waals surface area (Å²) in [6, 6.07) is 3.97. The Morgan fingerprint density at radius 1 is 1.36 bits per heavy atom. The van der Waals surface area contributed by atoms with Crippen molar-refractivity contribution < 1.29 is 19.1 Å². The number of amides is 2. The van der Waals surface area contributed by atoms with Crippen LogP contribution in [0, 0.1) is 11.7 Å². The van der Waals surface area contributed by atoms with Gasteiger partial charge in [0.05, 0.1) is 5.92 Å². The maximum absolute atomic E-state index is 12.9. The molecule has 0 spiro atoms. The van der Waals surface area contributed by atoms with Gasteiger partial charge in [-0.15, -0.1) is 0 Å². The molecule has 1 aliphatic heterocycles. The number of carbonyl (C=O) groups is 2. The van der Waals surface area contributed by atoms with Gasteiger partial charge in [0.25, 0.3) is 0 Å². The lowest BCUT2D eigenvalue weighted by atomic mass is 9.97. The smallest absolute Gasteiger partial charge is 0.317 e. The Morgan fingerprint density at radius 2 is 2.05 bits per heavy atom. The van der Waals surface area contributed by atoms with E-state index in [1.54, 1.807) is 11.0 Å². The molecule has 1 aromatic carbocycles. The van der Waals surface area contributed by atoms with Gasteiger partial charge in [-0.3, -0.25) is 4.79 Å². The molecule has 120 valence electrons. The van der Waals surface area contributed by atoms with Gasteiger partial charge in [-0.1, -0.05) is 17.7 Å². The summed E-state index contributed by atoms with van der Waals surface area (Å²) in [6.07, 6.45) is 1.47. The normalized spacial score (nSPS) is 15.6. The maximum Gasteiger partial charge on any atom is 0.317 e. The molecule has 1 aliphatic rings. The van der Waals surface area contributed by atoms with Crippen molar-refractivity contribution >= 4 is 23.6 Å². The summed E-state index contributed by atoms with van der Waals surface area (Å²) in [7, 11) is 0. The number of hydrogen-bond donors (Lipinski definition) is 2. The van der Waals surface area contributed by atoms with Crippen molar-refractivity contribution in [3.63, 3.8) is 0 Å². The molecule has 7 heteroatoms. The van der Waals surface area contributed by atoms with Crippen LogP contribution >= 0.6 is 11.6 Å². The monoisotopic (exact) mass is 328 g/mol. The second kappa shape index (κ2) is 7.45. The molecule has 0 atom stereocenters.